The Bertz CT molecular complexity index is 1240. The molecule has 33 heavy (non-hydrogen) atoms. The molecule has 0 fully saturated rings. The molecule has 0 radical (unpaired) electrons. The van der Waals surface area contributed by atoms with Gasteiger partial charge in [0.15, 0.2) is 11.6 Å². The molecule has 0 bridgehead atoms. The van der Waals surface area contributed by atoms with E-state index in [1.807, 2.05) is 26.0 Å². The number of rotatable bonds is 7. The van der Waals surface area contributed by atoms with Crippen LogP contribution in [0.3, 0.4) is 0 Å². The number of anilines is 1. The van der Waals surface area contributed by atoms with Crippen LogP contribution in [0.4, 0.5) is 14.5 Å². The fraction of sp³-hybridized carbons (Fsp3) is 0.208. The zero-order chi connectivity index (χ0) is 24.3. The summed E-state index contributed by atoms with van der Waals surface area (Å²) in [4.78, 5) is 7.81. The minimum Gasteiger partial charge on any atom is -0.455 e. The summed E-state index contributed by atoms with van der Waals surface area (Å²) in [5, 5.41) is 11.3. The van der Waals surface area contributed by atoms with Crippen LogP contribution in [0.1, 0.15) is 49.3 Å². The van der Waals surface area contributed by atoms with Gasteiger partial charge in [0.2, 0.25) is 5.95 Å². The molecule has 0 amide bonds. The van der Waals surface area contributed by atoms with Gasteiger partial charge in [-0.25, -0.2) is 14.4 Å². The van der Waals surface area contributed by atoms with Gasteiger partial charge in [-0.3, -0.25) is 5.41 Å². The monoisotopic (exact) mass is 471 g/mol. The quantitative estimate of drug-likeness (QED) is 0.170. The first-order valence-corrected chi connectivity index (χ1v) is 10.5. The fourth-order valence-corrected chi connectivity index (χ4v) is 3.39. The van der Waals surface area contributed by atoms with Crippen LogP contribution >= 0.6 is 11.6 Å². The number of aryl methyl sites for hydroxylation is 1. The molecule has 4 N–H and O–H groups in total. The minimum atomic E-state index is -0.806. The van der Waals surface area contributed by atoms with Gasteiger partial charge in [0.05, 0.1) is 11.7 Å². The van der Waals surface area contributed by atoms with E-state index in [-0.39, 0.29) is 34.2 Å². The molecule has 3 rings (SSSR count). The van der Waals surface area contributed by atoms with Gasteiger partial charge in [-0.2, -0.15) is 4.39 Å². The molecule has 0 aliphatic rings. The Morgan fingerprint density at radius 1 is 1.09 bits per heavy atom. The molecule has 2 heterocycles. The number of hydrogen-bond donors (Lipinski definition) is 3. The van der Waals surface area contributed by atoms with E-state index in [1.54, 1.807) is 32.0 Å². The molecule has 0 unspecified atom stereocenters. The summed E-state index contributed by atoms with van der Waals surface area (Å²) in [6.45, 7) is 7.29. The van der Waals surface area contributed by atoms with Gasteiger partial charge < -0.3 is 15.8 Å². The van der Waals surface area contributed by atoms with Crippen LogP contribution in [0.5, 0.6) is 5.75 Å². The maximum absolute atomic E-state index is 14.4. The molecule has 3 aromatic rings. The first-order valence-electron chi connectivity index (χ1n) is 10.1. The van der Waals surface area contributed by atoms with Crippen LogP contribution in [0.25, 0.3) is 5.76 Å². The highest BCUT2D eigenvalue weighted by atomic mass is 35.5. The third-order valence-corrected chi connectivity index (χ3v) is 5.02. The summed E-state index contributed by atoms with van der Waals surface area (Å²) in [6.07, 6.45) is 0. The van der Waals surface area contributed by atoms with Gasteiger partial charge in [-0.05, 0) is 63.6 Å². The number of aromatic nitrogens is 2. The van der Waals surface area contributed by atoms with E-state index in [9.17, 15) is 8.78 Å². The molecular weight excluding hydrogens is 448 g/mol. The average Bonchev–Trinajstić information content (AvgIpc) is 2.75. The number of pyridine rings is 2. The molecule has 0 spiro atoms. The maximum Gasteiger partial charge on any atom is 0.213 e. The molecule has 1 aromatic carbocycles. The molecule has 6 nitrogen and oxygen atoms in total. The number of nitrogens with one attached hydrogen (secondary N) is 2. The number of halogens is 3. The summed E-state index contributed by atoms with van der Waals surface area (Å²) in [7, 11) is 0. The Morgan fingerprint density at radius 3 is 2.48 bits per heavy atom. The molecule has 2 aromatic heterocycles. The standard InChI is InChI=1S/C24H24ClF2N5O/c1-12(2)23(21-16(26)6-10-20(27)32-21)33-18-8-5-13(3)11-15(18)14(4)30-17-7-9-19(25)31-22(17)24(28)29/h5-11,14,30H,1-4H3,(H3,28,29)/t14-/m1/s1. The number of ether oxygens (including phenoxy) is 1. The zero-order valence-electron chi connectivity index (χ0n) is 18.6. The summed E-state index contributed by atoms with van der Waals surface area (Å²) >= 11 is 5.95. The van der Waals surface area contributed by atoms with Crippen LogP contribution in [-0.4, -0.2) is 15.8 Å². The van der Waals surface area contributed by atoms with Gasteiger partial charge >= 0.3 is 0 Å². The molecule has 9 heteroatoms. The Morgan fingerprint density at radius 2 is 1.82 bits per heavy atom. The van der Waals surface area contributed by atoms with Gasteiger partial charge in [-0.1, -0.05) is 29.3 Å². The number of benzene rings is 1. The van der Waals surface area contributed by atoms with Crippen LogP contribution in [-0.2, 0) is 0 Å². The van der Waals surface area contributed by atoms with E-state index in [1.165, 1.54) is 0 Å². The fourth-order valence-electron chi connectivity index (χ4n) is 3.24. The molecule has 0 aliphatic heterocycles. The molecule has 172 valence electrons. The first kappa shape index (κ1) is 24.1. The summed E-state index contributed by atoms with van der Waals surface area (Å²) in [5.74, 6) is -1.16. The van der Waals surface area contributed by atoms with Crippen LogP contribution in [0, 0.1) is 24.1 Å². The summed E-state index contributed by atoms with van der Waals surface area (Å²) in [6, 6.07) is 10.5. The van der Waals surface area contributed by atoms with E-state index in [4.69, 9.17) is 27.5 Å². The summed E-state index contributed by atoms with van der Waals surface area (Å²) < 4.78 is 34.3. The van der Waals surface area contributed by atoms with Gasteiger partial charge in [0.25, 0.3) is 0 Å². The Kier molecular flexibility index (Phi) is 7.28. The second-order valence-electron chi connectivity index (χ2n) is 7.75. The Labute approximate surface area is 196 Å². The van der Waals surface area contributed by atoms with Crippen molar-refractivity contribution in [3.8, 4) is 5.75 Å². The van der Waals surface area contributed by atoms with E-state index < -0.39 is 11.8 Å². The van der Waals surface area contributed by atoms with Crippen LogP contribution in [0.2, 0.25) is 5.15 Å². The van der Waals surface area contributed by atoms with Gasteiger partial charge in [-0.15, -0.1) is 0 Å². The average molecular weight is 472 g/mol. The topological polar surface area (TPSA) is 96.9 Å². The lowest BCUT2D eigenvalue weighted by Gasteiger charge is -2.22. The van der Waals surface area contributed by atoms with E-state index in [0.717, 1.165) is 23.3 Å². The van der Waals surface area contributed by atoms with Crippen molar-refractivity contribution in [1.29, 1.82) is 5.41 Å². The van der Waals surface area contributed by atoms with Crippen molar-refractivity contribution in [3.05, 3.63) is 87.5 Å². The van der Waals surface area contributed by atoms with Crippen molar-refractivity contribution in [2.45, 2.75) is 33.7 Å². The number of nitrogens with two attached hydrogens (primary N) is 1. The highest BCUT2D eigenvalue weighted by Gasteiger charge is 2.20. The lowest BCUT2D eigenvalue weighted by Crippen LogP contribution is -2.18. The number of allylic oxidation sites excluding steroid dienone is 1. The van der Waals surface area contributed by atoms with E-state index in [0.29, 0.717) is 17.0 Å². The molecule has 0 saturated carbocycles. The lowest BCUT2D eigenvalue weighted by molar-refractivity contribution is 0.480. The predicted molar refractivity (Wildman–Crippen MR) is 127 cm³/mol. The second-order valence-corrected chi connectivity index (χ2v) is 8.13. The van der Waals surface area contributed by atoms with Gasteiger partial charge in [0.1, 0.15) is 28.1 Å². The highest BCUT2D eigenvalue weighted by molar-refractivity contribution is 6.29. The summed E-state index contributed by atoms with van der Waals surface area (Å²) in [5.41, 5.74) is 8.54. The van der Waals surface area contributed by atoms with Crippen molar-refractivity contribution < 1.29 is 13.5 Å². The highest BCUT2D eigenvalue weighted by Crippen LogP contribution is 2.34. The van der Waals surface area contributed by atoms with Crippen molar-refractivity contribution in [2.24, 2.45) is 5.73 Å². The van der Waals surface area contributed by atoms with E-state index in [2.05, 4.69) is 15.3 Å². The first-order chi connectivity index (χ1) is 15.6. The largest absolute Gasteiger partial charge is 0.455 e. The molecule has 1 atom stereocenters. The van der Waals surface area contributed by atoms with Crippen LogP contribution < -0.4 is 15.8 Å². The van der Waals surface area contributed by atoms with Crippen molar-refractivity contribution in [1.82, 2.24) is 9.97 Å². The van der Waals surface area contributed by atoms with Crippen molar-refractivity contribution in [3.63, 3.8) is 0 Å². The molecule has 0 saturated heterocycles. The van der Waals surface area contributed by atoms with Gasteiger partial charge in [0, 0.05) is 5.56 Å². The third-order valence-electron chi connectivity index (χ3n) is 4.81. The number of hydrogen-bond acceptors (Lipinski definition) is 5. The zero-order valence-corrected chi connectivity index (χ0v) is 19.4. The second kappa shape index (κ2) is 9.95. The third kappa shape index (κ3) is 5.64. The predicted octanol–water partition coefficient (Wildman–Crippen LogP) is 6.00. The number of nitrogens with zero attached hydrogens (tertiary/aromatic N) is 2. The minimum absolute atomic E-state index is 0.127. The SMILES string of the molecule is CC(C)=C(Oc1ccc(C)cc1[C@@H](C)Nc1ccc(Cl)nc1C(=N)N)c1nc(F)ccc1F. The lowest BCUT2D eigenvalue weighted by atomic mass is 10.0. The maximum atomic E-state index is 14.4. The van der Waals surface area contributed by atoms with Crippen LogP contribution in [0.15, 0.2) is 48.0 Å². The Hall–Kier alpha value is -3.52. The number of amidine groups is 1. The Balaban J connectivity index is 2.01. The number of nitrogen functional groups attached to an aromatic ring is 1. The molecule has 0 aliphatic carbocycles. The van der Waals surface area contributed by atoms with E-state index >= 15 is 0 Å². The smallest absolute Gasteiger partial charge is 0.213 e. The normalized spacial score (nSPS) is 11.6. The van der Waals surface area contributed by atoms with Crippen molar-refractivity contribution in [2.75, 3.05) is 5.32 Å². The molecular formula is C24H24ClF2N5O. The van der Waals surface area contributed by atoms with Crippen molar-refractivity contribution >= 4 is 28.9 Å².